The molecule has 0 spiro atoms. The van der Waals surface area contributed by atoms with E-state index in [1.165, 1.54) is 7.11 Å². The lowest BCUT2D eigenvalue weighted by Crippen LogP contribution is -2.27. The summed E-state index contributed by atoms with van der Waals surface area (Å²) in [6.45, 7) is 5.30. The van der Waals surface area contributed by atoms with Crippen LogP contribution in [0, 0.1) is 0 Å². The van der Waals surface area contributed by atoms with Crippen molar-refractivity contribution in [1.82, 2.24) is 4.57 Å². The molecule has 0 saturated carbocycles. The van der Waals surface area contributed by atoms with Crippen LogP contribution in [0.5, 0.6) is 0 Å². The van der Waals surface area contributed by atoms with Crippen molar-refractivity contribution in [3.63, 3.8) is 0 Å². The minimum Gasteiger partial charge on any atom is -0.465 e. The van der Waals surface area contributed by atoms with Crippen molar-refractivity contribution >= 4 is 29.3 Å². The largest absolute Gasteiger partial charge is 0.465 e. The van der Waals surface area contributed by atoms with Crippen LogP contribution < -0.4 is 10.6 Å². The number of nitrogens with zero attached hydrogens (tertiary/aromatic N) is 1. The zero-order valence-corrected chi connectivity index (χ0v) is 16.0. The Morgan fingerprint density at radius 1 is 1.00 bits per heavy atom. The average molecular weight is 373 g/mol. The second-order valence-electron chi connectivity index (χ2n) is 6.87. The highest BCUT2D eigenvalue weighted by Gasteiger charge is 2.18. The number of esters is 1. The number of nitrogens with one attached hydrogen (secondary N) is 2. The average Bonchev–Trinajstić information content (AvgIpc) is 2.93. The van der Waals surface area contributed by atoms with Crippen LogP contribution in [0.3, 0.4) is 0 Å². The molecule has 1 aromatic heterocycles. The zero-order chi connectivity index (χ0) is 20.2. The number of anilines is 2. The molecule has 2 N–H and O–H groups in total. The lowest BCUT2D eigenvalue weighted by atomic mass is 10.2. The van der Waals surface area contributed by atoms with Crippen molar-refractivity contribution in [2.45, 2.75) is 26.4 Å². The summed E-state index contributed by atoms with van der Waals surface area (Å²) in [6, 6.07) is 7.87. The van der Waals surface area contributed by atoms with E-state index in [0.29, 0.717) is 22.6 Å². The fraction of sp³-hybridized carbons (Fsp3) is 0.316. The Morgan fingerprint density at radius 2 is 1.63 bits per heavy atom. The van der Waals surface area contributed by atoms with Crippen molar-refractivity contribution in [3.05, 3.63) is 47.8 Å². The number of carbonyl (C=O) groups excluding carboxylic acids is 3. The van der Waals surface area contributed by atoms with Gasteiger partial charge >= 0.3 is 12.1 Å². The van der Waals surface area contributed by atoms with Gasteiger partial charge in [0.15, 0.2) is 0 Å². The molecule has 0 unspecified atom stereocenters. The van der Waals surface area contributed by atoms with Crippen LogP contribution in [0.15, 0.2) is 36.5 Å². The van der Waals surface area contributed by atoms with Gasteiger partial charge in [0.25, 0.3) is 5.91 Å². The summed E-state index contributed by atoms with van der Waals surface area (Å²) < 4.78 is 11.4. The summed E-state index contributed by atoms with van der Waals surface area (Å²) >= 11 is 0. The first-order chi connectivity index (χ1) is 12.6. The third kappa shape index (κ3) is 5.60. The number of carbonyl (C=O) groups is 3. The first-order valence-electron chi connectivity index (χ1n) is 8.25. The topological polar surface area (TPSA) is 98.7 Å². The molecule has 0 saturated heterocycles. The van der Waals surface area contributed by atoms with Gasteiger partial charge in [-0.2, -0.15) is 0 Å². The summed E-state index contributed by atoms with van der Waals surface area (Å²) in [7, 11) is 2.99. The van der Waals surface area contributed by atoms with Crippen molar-refractivity contribution in [2.24, 2.45) is 7.05 Å². The Bertz CT molecular complexity index is 847. The summed E-state index contributed by atoms with van der Waals surface area (Å²) in [5.41, 5.74) is 1.08. The first kappa shape index (κ1) is 20.0. The normalized spacial score (nSPS) is 10.9. The van der Waals surface area contributed by atoms with Crippen LogP contribution >= 0.6 is 0 Å². The van der Waals surface area contributed by atoms with E-state index in [0.717, 1.165) is 0 Å². The molecule has 0 atom stereocenters. The van der Waals surface area contributed by atoms with Gasteiger partial charge < -0.3 is 19.4 Å². The maximum Gasteiger partial charge on any atom is 0.412 e. The number of hydrogen-bond acceptors (Lipinski definition) is 5. The zero-order valence-electron chi connectivity index (χ0n) is 16.0. The summed E-state index contributed by atoms with van der Waals surface area (Å²) in [4.78, 5) is 35.7. The predicted molar refractivity (Wildman–Crippen MR) is 101 cm³/mol. The van der Waals surface area contributed by atoms with E-state index >= 15 is 0 Å². The lowest BCUT2D eigenvalue weighted by Gasteiger charge is -2.19. The Kier molecular flexibility index (Phi) is 5.89. The highest BCUT2D eigenvalue weighted by atomic mass is 16.6. The molecule has 0 aliphatic carbocycles. The van der Waals surface area contributed by atoms with E-state index in [1.807, 2.05) is 0 Å². The molecule has 0 aliphatic rings. The molecule has 0 aliphatic heterocycles. The predicted octanol–water partition coefficient (Wildman–Crippen LogP) is 3.41. The van der Waals surface area contributed by atoms with Crippen LogP contribution in [-0.2, 0) is 16.5 Å². The van der Waals surface area contributed by atoms with Crippen molar-refractivity contribution in [3.8, 4) is 0 Å². The maximum atomic E-state index is 12.5. The SMILES string of the molecule is COC(=O)c1ccc(NC(=O)c2cc(NC(=O)OC(C)(C)C)cn2C)cc1. The van der Waals surface area contributed by atoms with E-state index in [1.54, 1.807) is 68.9 Å². The van der Waals surface area contributed by atoms with Crippen LogP contribution in [0.2, 0.25) is 0 Å². The molecule has 0 radical (unpaired) electrons. The number of amides is 2. The Morgan fingerprint density at radius 3 is 2.19 bits per heavy atom. The van der Waals surface area contributed by atoms with Crippen LogP contribution in [0.4, 0.5) is 16.2 Å². The van der Waals surface area contributed by atoms with Gasteiger partial charge in [-0.3, -0.25) is 10.1 Å². The van der Waals surface area contributed by atoms with Crippen LogP contribution in [0.1, 0.15) is 41.6 Å². The molecule has 2 rings (SSSR count). The van der Waals surface area contributed by atoms with Gasteiger partial charge in [-0.15, -0.1) is 0 Å². The molecule has 8 nitrogen and oxygen atoms in total. The Balaban J connectivity index is 2.05. The number of aryl methyl sites for hydroxylation is 1. The van der Waals surface area contributed by atoms with Crippen molar-refractivity contribution < 1.29 is 23.9 Å². The van der Waals surface area contributed by atoms with E-state index in [2.05, 4.69) is 15.4 Å². The van der Waals surface area contributed by atoms with E-state index < -0.39 is 17.7 Å². The number of hydrogen-bond donors (Lipinski definition) is 2. The quantitative estimate of drug-likeness (QED) is 0.800. The van der Waals surface area contributed by atoms with Gasteiger partial charge in [-0.25, -0.2) is 9.59 Å². The minimum atomic E-state index is -0.616. The summed E-state index contributed by atoms with van der Waals surface area (Å²) in [5.74, 6) is -0.811. The highest BCUT2D eigenvalue weighted by Crippen LogP contribution is 2.17. The second-order valence-corrected chi connectivity index (χ2v) is 6.87. The lowest BCUT2D eigenvalue weighted by molar-refractivity contribution is 0.0598. The van der Waals surface area contributed by atoms with Crippen molar-refractivity contribution in [2.75, 3.05) is 17.7 Å². The molecule has 1 aromatic carbocycles. The molecule has 1 heterocycles. The summed E-state index contributed by atoms with van der Waals surface area (Å²) in [6.07, 6.45) is 1.01. The molecule has 27 heavy (non-hydrogen) atoms. The molecule has 2 aromatic rings. The molecular formula is C19H23N3O5. The standard InChI is InChI=1S/C19H23N3O5/c1-19(2,3)27-18(25)21-14-10-15(22(4)11-14)16(23)20-13-8-6-12(7-9-13)17(24)26-5/h6-11H,1-5H3,(H,20,23)(H,21,25). The molecule has 2 amide bonds. The monoisotopic (exact) mass is 373 g/mol. The van der Waals surface area contributed by atoms with Gasteiger partial charge in [0.2, 0.25) is 0 Å². The fourth-order valence-corrected chi connectivity index (χ4v) is 2.28. The molecule has 8 heteroatoms. The number of benzene rings is 1. The molecule has 0 bridgehead atoms. The van der Waals surface area contributed by atoms with E-state index in [9.17, 15) is 14.4 Å². The first-order valence-corrected chi connectivity index (χ1v) is 8.25. The van der Waals surface area contributed by atoms with Gasteiger partial charge in [0, 0.05) is 18.9 Å². The Hall–Kier alpha value is -3.29. The van der Waals surface area contributed by atoms with E-state index in [-0.39, 0.29) is 5.91 Å². The van der Waals surface area contributed by atoms with Crippen LogP contribution in [0.25, 0.3) is 0 Å². The van der Waals surface area contributed by atoms with Crippen molar-refractivity contribution in [1.29, 1.82) is 0 Å². The van der Waals surface area contributed by atoms with Gasteiger partial charge in [-0.05, 0) is 51.1 Å². The van der Waals surface area contributed by atoms with E-state index in [4.69, 9.17) is 4.74 Å². The van der Waals surface area contributed by atoms with Gasteiger partial charge in [0.05, 0.1) is 18.4 Å². The van der Waals surface area contributed by atoms with Gasteiger partial charge in [0.1, 0.15) is 11.3 Å². The smallest absolute Gasteiger partial charge is 0.412 e. The maximum absolute atomic E-state index is 12.5. The fourth-order valence-electron chi connectivity index (χ4n) is 2.28. The molecular weight excluding hydrogens is 350 g/mol. The minimum absolute atomic E-state index is 0.345. The number of methoxy groups -OCH3 is 1. The molecule has 0 fully saturated rings. The second kappa shape index (κ2) is 7.94. The third-order valence-electron chi connectivity index (χ3n) is 3.45. The van der Waals surface area contributed by atoms with Gasteiger partial charge in [-0.1, -0.05) is 0 Å². The number of rotatable bonds is 4. The number of aromatic nitrogens is 1. The summed E-state index contributed by atoms with van der Waals surface area (Å²) in [5, 5.41) is 5.32. The molecule has 144 valence electrons. The Labute approximate surface area is 157 Å². The van der Waals surface area contributed by atoms with Crippen LogP contribution in [-0.4, -0.2) is 35.2 Å². The third-order valence-corrected chi connectivity index (χ3v) is 3.45. The highest BCUT2D eigenvalue weighted by molar-refractivity contribution is 6.04. The number of ether oxygens (including phenoxy) is 2.